The lowest BCUT2D eigenvalue weighted by Gasteiger charge is -2.19. The number of benzene rings is 2. The fourth-order valence-corrected chi connectivity index (χ4v) is 5.45. The summed E-state index contributed by atoms with van der Waals surface area (Å²) < 4.78 is 25.6. The van der Waals surface area contributed by atoms with E-state index >= 15 is 0 Å². The van der Waals surface area contributed by atoms with Crippen molar-refractivity contribution in [3.63, 3.8) is 0 Å². The number of nitriles is 1. The quantitative estimate of drug-likeness (QED) is 0.628. The lowest BCUT2D eigenvalue weighted by atomic mass is 10.0. The fourth-order valence-electron chi connectivity index (χ4n) is 3.54. The largest absolute Gasteiger partial charge is 0.232 e. The SMILES string of the molecule is N#CCc1ccc(Cc2nc(-c3cccc(Cl)c3)nc3c2S(=O)(=O)CCC3)cc1. The van der Waals surface area contributed by atoms with Crippen molar-refractivity contribution in [1.82, 2.24) is 9.97 Å². The van der Waals surface area contributed by atoms with Gasteiger partial charge in [-0.2, -0.15) is 5.26 Å². The van der Waals surface area contributed by atoms with Crippen LogP contribution in [0.25, 0.3) is 11.4 Å². The summed E-state index contributed by atoms with van der Waals surface area (Å²) in [5, 5.41) is 9.40. The summed E-state index contributed by atoms with van der Waals surface area (Å²) in [4.78, 5) is 9.50. The normalized spacial score (nSPS) is 14.8. The molecule has 4 rings (SSSR count). The van der Waals surface area contributed by atoms with Crippen molar-refractivity contribution in [3.05, 3.63) is 76.1 Å². The van der Waals surface area contributed by atoms with Crippen LogP contribution in [0.4, 0.5) is 0 Å². The molecule has 0 N–H and O–H groups in total. The van der Waals surface area contributed by atoms with E-state index in [2.05, 4.69) is 16.0 Å². The highest BCUT2D eigenvalue weighted by Crippen LogP contribution is 2.30. The number of hydrogen-bond donors (Lipinski definition) is 0. The molecule has 2 aromatic carbocycles. The Balaban J connectivity index is 1.82. The molecule has 1 aliphatic heterocycles. The van der Waals surface area contributed by atoms with E-state index in [0.717, 1.165) is 16.7 Å². The van der Waals surface area contributed by atoms with Gasteiger partial charge in [-0.25, -0.2) is 18.4 Å². The molecule has 2 heterocycles. The third-order valence-electron chi connectivity index (χ3n) is 4.90. The van der Waals surface area contributed by atoms with Crippen molar-refractivity contribution in [2.24, 2.45) is 0 Å². The molecule has 0 aliphatic carbocycles. The Kier molecular flexibility index (Phi) is 5.35. The summed E-state index contributed by atoms with van der Waals surface area (Å²) >= 11 is 6.12. The first-order chi connectivity index (χ1) is 14.0. The number of fused-ring (bicyclic) bond motifs is 1. The van der Waals surface area contributed by atoms with Gasteiger partial charge in [0.25, 0.3) is 0 Å². The van der Waals surface area contributed by atoms with E-state index in [1.54, 1.807) is 12.1 Å². The average Bonchev–Trinajstić information content (AvgIpc) is 2.69. The molecule has 0 fully saturated rings. The molecule has 5 nitrogen and oxygen atoms in total. The Morgan fingerprint density at radius 2 is 1.83 bits per heavy atom. The van der Waals surface area contributed by atoms with Gasteiger partial charge in [0.1, 0.15) is 4.90 Å². The van der Waals surface area contributed by atoms with Gasteiger partial charge in [-0.3, -0.25) is 0 Å². The molecule has 0 unspecified atom stereocenters. The minimum Gasteiger partial charge on any atom is -0.232 e. The molecule has 1 aromatic heterocycles. The van der Waals surface area contributed by atoms with Crippen molar-refractivity contribution < 1.29 is 8.42 Å². The minimum absolute atomic E-state index is 0.119. The molecule has 0 saturated carbocycles. The van der Waals surface area contributed by atoms with Crippen molar-refractivity contribution >= 4 is 21.4 Å². The minimum atomic E-state index is -3.41. The lowest BCUT2D eigenvalue weighted by Crippen LogP contribution is -2.21. The smallest absolute Gasteiger partial charge is 0.182 e. The predicted octanol–water partition coefficient (Wildman–Crippen LogP) is 4.17. The number of hydrogen-bond acceptors (Lipinski definition) is 5. The Morgan fingerprint density at radius 3 is 2.55 bits per heavy atom. The zero-order chi connectivity index (χ0) is 20.4. The summed E-state index contributed by atoms with van der Waals surface area (Å²) in [7, 11) is -3.41. The summed E-state index contributed by atoms with van der Waals surface area (Å²) in [6.45, 7) is 0. The molecule has 1 aliphatic rings. The van der Waals surface area contributed by atoms with Crippen LogP contribution in [0.15, 0.2) is 53.4 Å². The molecule has 146 valence electrons. The van der Waals surface area contributed by atoms with Crippen molar-refractivity contribution in [2.45, 2.75) is 30.6 Å². The zero-order valence-corrected chi connectivity index (χ0v) is 17.2. The van der Waals surface area contributed by atoms with Crippen LogP contribution in [0, 0.1) is 11.3 Å². The topological polar surface area (TPSA) is 83.7 Å². The van der Waals surface area contributed by atoms with E-state index in [1.807, 2.05) is 36.4 Å². The Labute approximate surface area is 174 Å². The van der Waals surface area contributed by atoms with Gasteiger partial charge in [-0.05, 0) is 36.1 Å². The molecule has 0 atom stereocenters. The van der Waals surface area contributed by atoms with Crippen LogP contribution in [0.3, 0.4) is 0 Å². The molecule has 0 spiro atoms. The van der Waals surface area contributed by atoms with E-state index in [-0.39, 0.29) is 10.6 Å². The number of sulfone groups is 1. The number of aromatic nitrogens is 2. The second-order valence-corrected chi connectivity index (χ2v) is 9.51. The fraction of sp³-hybridized carbons (Fsp3) is 0.227. The van der Waals surface area contributed by atoms with Gasteiger partial charge in [0.05, 0.1) is 29.6 Å². The van der Waals surface area contributed by atoms with Crippen LogP contribution in [0.2, 0.25) is 5.02 Å². The summed E-state index contributed by atoms with van der Waals surface area (Å²) in [6, 6.07) is 17.0. The molecule has 0 radical (unpaired) electrons. The van der Waals surface area contributed by atoms with Crippen LogP contribution < -0.4 is 0 Å². The molecule has 0 saturated heterocycles. The molecular weight excluding hydrogens is 406 g/mol. The van der Waals surface area contributed by atoms with Gasteiger partial charge >= 0.3 is 0 Å². The van der Waals surface area contributed by atoms with E-state index < -0.39 is 9.84 Å². The standard InChI is InChI=1S/C22H18ClN3O2S/c23-18-4-1-3-17(14-18)22-25-19-5-2-12-29(27,28)21(19)20(26-22)13-16-8-6-15(7-9-16)10-11-24/h1,3-4,6-9,14H,2,5,10,12-13H2. The maximum atomic E-state index is 12.8. The van der Waals surface area contributed by atoms with E-state index in [0.29, 0.717) is 47.9 Å². The van der Waals surface area contributed by atoms with Crippen LogP contribution in [0.5, 0.6) is 0 Å². The highest BCUT2D eigenvalue weighted by Gasteiger charge is 2.30. The third kappa shape index (κ3) is 4.16. The van der Waals surface area contributed by atoms with Crippen molar-refractivity contribution in [2.75, 3.05) is 5.75 Å². The Bertz CT molecular complexity index is 1220. The van der Waals surface area contributed by atoms with Gasteiger partial charge in [-0.15, -0.1) is 0 Å². The van der Waals surface area contributed by atoms with Gasteiger partial charge in [0.2, 0.25) is 0 Å². The average molecular weight is 424 g/mol. The summed E-state index contributed by atoms with van der Waals surface area (Å²) in [5.74, 6) is 0.605. The lowest BCUT2D eigenvalue weighted by molar-refractivity contribution is 0.581. The van der Waals surface area contributed by atoms with Crippen molar-refractivity contribution in [1.29, 1.82) is 5.26 Å². The second kappa shape index (κ2) is 7.94. The Morgan fingerprint density at radius 1 is 1.07 bits per heavy atom. The summed E-state index contributed by atoms with van der Waals surface area (Å²) in [5.41, 5.74) is 3.71. The van der Waals surface area contributed by atoms with Crippen LogP contribution in [0.1, 0.15) is 28.9 Å². The third-order valence-corrected chi connectivity index (χ3v) is 7.06. The highest BCUT2D eigenvalue weighted by atomic mass is 35.5. The first kappa shape index (κ1) is 19.6. The summed E-state index contributed by atoms with van der Waals surface area (Å²) in [6.07, 6.45) is 1.89. The van der Waals surface area contributed by atoms with Gasteiger partial charge in [0.15, 0.2) is 15.7 Å². The molecular formula is C22H18ClN3O2S. The molecule has 0 bridgehead atoms. The maximum Gasteiger partial charge on any atom is 0.182 e. The van der Waals surface area contributed by atoms with Crippen LogP contribution in [-0.4, -0.2) is 24.1 Å². The van der Waals surface area contributed by atoms with Gasteiger partial charge in [0, 0.05) is 17.0 Å². The van der Waals surface area contributed by atoms with Gasteiger partial charge < -0.3 is 0 Å². The number of halogens is 1. The molecule has 3 aromatic rings. The highest BCUT2D eigenvalue weighted by molar-refractivity contribution is 7.91. The first-order valence-corrected chi connectivity index (χ1v) is 11.3. The monoisotopic (exact) mass is 423 g/mol. The predicted molar refractivity (Wildman–Crippen MR) is 111 cm³/mol. The van der Waals surface area contributed by atoms with E-state index in [1.165, 1.54) is 0 Å². The molecule has 0 amide bonds. The number of nitrogens with zero attached hydrogens (tertiary/aromatic N) is 3. The van der Waals surface area contributed by atoms with E-state index in [4.69, 9.17) is 16.9 Å². The first-order valence-electron chi connectivity index (χ1n) is 9.29. The molecule has 29 heavy (non-hydrogen) atoms. The van der Waals surface area contributed by atoms with Crippen LogP contribution in [-0.2, 0) is 29.1 Å². The number of aryl methyl sites for hydroxylation is 1. The van der Waals surface area contributed by atoms with Gasteiger partial charge in [-0.1, -0.05) is 48.0 Å². The molecule has 7 heteroatoms. The van der Waals surface area contributed by atoms with E-state index in [9.17, 15) is 8.42 Å². The zero-order valence-electron chi connectivity index (χ0n) is 15.6. The Hall–Kier alpha value is -2.75. The maximum absolute atomic E-state index is 12.8. The second-order valence-electron chi connectivity index (χ2n) is 7.03. The number of rotatable bonds is 4. The van der Waals surface area contributed by atoms with Crippen molar-refractivity contribution in [3.8, 4) is 17.5 Å². The van der Waals surface area contributed by atoms with Crippen LogP contribution >= 0.6 is 11.6 Å².